The minimum atomic E-state index is -0.0397. The van der Waals surface area contributed by atoms with Gasteiger partial charge in [0.1, 0.15) is 0 Å². The van der Waals surface area contributed by atoms with Gasteiger partial charge in [0.05, 0.1) is 6.04 Å². The van der Waals surface area contributed by atoms with E-state index in [1.165, 1.54) is 0 Å². The maximum absolute atomic E-state index is 12.0. The molecule has 1 N–H and O–H groups in total. The molecule has 0 radical (unpaired) electrons. The largest absolute Gasteiger partial charge is 0.349 e. The molecule has 0 aliphatic rings. The normalized spacial score (nSPS) is 12.1. The molecule has 3 aromatic rings. The maximum atomic E-state index is 12.0. The number of hydrogen-bond donors (Lipinski definition) is 1. The molecular weight excluding hydrogens is 346 g/mol. The molecule has 0 unspecified atom stereocenters. The SMILES string of the molecule is C[C@@H](NC(=O)CCc1nc(-c2ccc(Cl)cc2)no1)c1cccs1. The average molecular weight is 362 g/mol. The van der Waals surface area contributed by atoms with Crippen LogP contribution in [-0.2, 0) is 11.2 Å². The van der Waals surface area contributed by atoms with Gasteiger partial charge in [-0.15, -0.1) is 11.3 Å². The Bertz CT molecular complexity index is 800. The molecule has 0 saturated heterocycles. The highest BCUT2D eigenvalue weighted by Gasteiger charge is 2.13. The molecule has 0 spiro atoms. The van der Waals surface area contributed by atoms with Crippen molar-refractivity contribution >= 4 is 28.8 Å². The van der Waals surface area contributed by atoms with E-state index < -0.39 is 0 Å². The van der Waals surface area contributed by atoms with Crippen LogP contribution in [0.25, 0.3) is 11.4 Å². The van der Waals surface area contributed by atoms with Crippen LogP contribution in [0.1, 0.15) is 30.2 Å². The van der Waals surface area contributed by atoms with Gasteiger partial charge in [0.25, 0.3) is 0 Å². The van der Waals surface area contributed by atoms with Gasteiger partial charge in [0.15, 0.2) is 0 Å². The van der Waals surface area contributed by atoms with Crippen molar-refractivity contribution in [2.75, 3.05) is 0 Å². The Kier molecular flexibility index (Phi) is 5.27. The van der Waals surface area contributed by atoms with Gasteiger partial charge in [-0.05, 0) is 42.6 Å². The van der Waals surface area contributed by atoms with Gasteiger partial charge in [-0.3, -0.25) is 4.79 Å². The fourth-order valence-electron chi connectivity index (χ4n) is 2.22. The van der Waals surface area contributed by atoms with E-state index in [0.717, 1.165) is 10.4 Å². The van der Waals surface area contributed by atoms with Crippen molar-refractivity contribution in [1.82, 2.24) is 15.5 Å². The summed E-state index contributed by atoms with van der Waals surface area (Å²) in [6, 6.07) is 11.2. The van der Waals surface area contributed by atoms with Crippen LogP contribution in [-0.4, -0.2) is 16.0 Å². The second kappa shape index (κ2) is 7.59. The number of thiophene rings is 1. The van der Waals surface area contributed by atoms with Crippen LogP contribution in [0.15, 0.2) is 46.3 Å². The van der Waals surface area contributed by atoms with E-state index in [4.69, 9.17) is 16.1 Å². The Morgan fingerprint density at radius 2 is 2.12 bits per heavy atom. The molecule has 124 valence electrons. The summed E-state index contributed by atoms with van der Waals surface area (Å²) in [5, 5.41) is 9.55. The minimum Gasteiger partial charge on any atom is -0.349 e. The summed E-state index contributed by atoms with van der Waals surface area (Å²) in [7, 11) is 0. The smallest absolute Gasteiger partial charge is 0.227 e. The summed E-state index contributed by atoms with van der Waals surface area (Å²) in [6.07, 6.45) is 0.710. The summed E-state index contributed by atoms with van der Waals surface area (Å²) in [5.41, 5.74) is 0.824. The minimum absolute atomic E-state index is 0.00446. The van der Waals surface area contributed by atoms with Crippen molar-refractivity contribution < 1.29 is 9.32 Å². The lowest BCUT2D eigenvalue weighted by atomic mass is 10.2. The molecular formula is C17H16ClN3O2S. The van der Waals surface area contributed by atoms with E-state index in [1.807, 2.05) is 36.6 Å². The Labute approximate surface area is 148 Å². The Balaban J connectivity index is 1.53. The summed E-state index contributed by atoms with van der Waals surface area (Å²) in [5.74, 6) is 0.898. The molecule has 0 saturated carbocycles. The van der Waals surface area contributed by atoms with Crippen LogP contribution in [0.2, 0.25) is 5.02 Å². The highest BCUT2D eigenvalue weighted by Crippen LogP contribution is 2.20. The number of aromatic nitrogens is 2. The van der Waals surface area contributed by atoms with E-state index in [2.05, 4.69) is 15.5 Å². The monoisotopic (exact) mass is 361 g/mol. The van der Waals surface area contributed by atoms with Crippen LogP contribution >= 0.6 is 22.9 Å². The first-order chi connectivity index (χ1) is 11.6. The Morgan fingerprint density at radius 3 is 2.83 bits per heavy atom. The summed E-state index contributed by atoms with van der Waals surface area (Å²) in [4.78, 5) is 17.5. The van der Waals surface area contributed by atoms with Gasteiger partial charge in [-0.1, -0.05) is 22.8 Å². The molecule has 24 heavy (non-hydrogen) atoms. The van der Waals surface area contributed by atoms with Gasteiger partial charge in [-0.25, -0.2) is 0 Å². The first-order valence-corrected chi connectivity index (χ1v) is 8.79. The van der Waals surface area contributed by atoms with Gasteiger partial charge in [0, 0.05) is 28.3 Å². The standard InChI is InChI=1S/C17H16ClN3O2S/c1-11(14-3-2-10-24-14)19-15(22)8-9-16-20-17(21-23-16)12-4-6-13(18)7-5-12/h2-7,10-11H,8-9H2,1H3,(H,19,22)/t11-/m1/s1. The summed E-state index contributed by atoms with van der Waals surface area (Å²) >= 11 is 7.48. The van der Waals surface area contributed by atoms with Crippen LogP contribution in [0.4, 0.5) is 0 Å². The lowest BCUT2D eigenvalue weighted by Crippen LogP contribution is -2.26. The maximum Gasteiger partial charge on any atom is 0.227 e. The summed E-state index contributed by atoms with van der Waals surface area (Å²) in [6.45, 7) is 1.97. The van der Waals surface area contributed by atoms with Gasteiger partial charge < -0.3 is 9.84 Å². The third kappa shape index (κ3) is 4.21. The number of carbonyl (C=O) groups excluding carboxylic acids is 1. The second-order valence-electron chi connectivity index (χ2n) is 5.32. The quantitative estimate of drug-likeness (QED) is 0.712. The van der Waals surface area contributed by atoms with Crippen molar-refractivity contribution in [3.8, 4) is 11.4 Å². The van der Waals surface area contributed by atoms with Gasteiger partial charge >= 0.3 is 0 Å². The van der Waals surface area contributed by atoms with Crippen molar-refractivity contribution in [3.05, 3.63) is 57.6 Å². The predicted octanol–water partition coefficient (Wildman–Crippen LogP) is 4.26. The number of halogens is 1. The molecule has 0 bridgehead atoms. The molecule has 1 aromatic carbocycles. The molecule has 2 aromatic heterocycles. The molecule has 0 aliphatic carbocycles. The molecule has 0 fully saturated rings. The molecule has 1 amide bonds. The van der Waals surface area contributed by atoms with E-state index in [-0.39, 0.29) is 11.9 Å². The first kappa shape index (κ1) is 16.7. The Hall–Kier alpha value is -2.18. The van der Waals surface area contributed by atoms with Crippen molar-refractivity contribution in [3.63, 3.8) is 0 Å². The van der Waals surface area contributed by atoms with Crippen LogP contribution in [0.3, 0.4) is 0 Å². The number of aryl methyl sites for hydroxylation is 1. The predicted molar refractivity (Wildman–Crippen MR) is 93.9 cm³/mol. The van der Waals surface area contributed by atoms with Crippen molar-refractivity contribution in [2.24, 2.45) is 0 Å². The summed E-state index contributed by atoms with van der Waals surface area (Å²) < 4.78 is 5.20. The number of nitrogens with zero attached hydrogens (tertiary/aromatic N) is 2. The second-order valence-corrected chi connectivity index (χ2v) is 6.74. The zero-order valence-corrected chi connectivity index (χ0v) is 14.6. The highest BCUT2D eigenvalue weighted by molar-refractivity contribution is 7.10. The number of hydrogen-bond acceptors (Lipinski definition) is 5. The number of nitrogens with one attached hydrogen (secondary N) is 1. The van der Waals surface area contributed by atoms with E-state index >= 15 is 0 Å². The lowest BCUT2D eigenvalue weighted by molar-refractivity contribution is -0.121. The van der Waals surface area contributed by atoms with E-state index in [0.29, 0.717) is 29.6 Å². The molecule has 3 rings (SSSR count). The number of carbonyl (C=O) groups is 1. The Morgan fingerprint density at radius 1 is 1.33 bits per heavy atom. The van der Waals surface area contributed by atoms with Crippen LogP contribution in [0, 0.1) is 0 Å². The first-order valence-electron chi connectivity index (χ1n) is 7.53. The fraction of sp³-hybridized carbons (Fsp3) is 0.235. The average Bonchev–Trinajstić information content (AvgIpc) is 3.25. The van der Waals surface area contributed by atoms with Crippen LogP contribution < -0.4 is 5.32 Å². The lowest BCUT2D eigenvalue weighted by Gasteiger charge is -2.11. The fourth-order valence-corrected chi connectivity index (χ4v) is 3.08. The topological polar surface area (TPSA) is 68.0 Å². The van der Waals surface area contributed by atoms with Gasteiger partial charge in [-0.2, -0.15) is 4.98 Å². The number of rotatable bonds is 6. The molecule has 0 aliphatic heterocycles. The number of benzene rings is 1. The van der Waals surface area contributed by atoms with Crippen LogP contribution in [0.5, 0.6) is 0 Å². The third-order valence-electron chi connectivity index (χ3n) is 3.48. The van der Waals surface area contributed by atoms with Crippen molar-refractivity contribution in [2.45, 2.75) is 25.8 Å². The number of amides is 1. The molecule has 2 heterocycles. The molecule has 5 nitrogen and oxygen atoms in total. The third-order valence-corrected chi connectivity index (χ3v) is 4.79. The highest BCUT2D eigenvalue weighted by atomic mass is 35.5. The zero-order valence-electron chi connectivity index (χ0n) is 13.0. The molecule has 7 heteroatoms. The van der Waals surface area contributed by atoms with Crippen molar-refractivity contribution in [1.29, 1.82) is 0 Å². The van der Waals surface area contributed by atoms with E-state index in [1.54, 1.807) is 23.5 Å². The zero-order chi connectivity index (χ0) is 16.9. The van der Waals surface area contributed by atoms with Gasteiger partial charge in [0.2, 0.25) is 17.6 Å². The van der Waals surface area contributed by atoms with E-state index in [9.17, 15) is 4.79 Å². The molecule has 1 atom stereocenters.